The van der Waals surface area contributed by atoms with Gasteiger partial charge < -0.3 is 74.1 Å². The van der Waals surface area contributed by atoms with Crippen molar-refractivity contribution in [3.05, 3.63) is 46.6 Å². The van der Waals surface area contributed by atoms with E-state index in [1.165, 1.54) is 31.4 Å². The highest BCUT2D eigenvalue weighted by Crippen LogP contribution is 2.42. The highest BCUT2D eigenvalue weighted by Gasteiger charge is 2.51. The van der Waals surface area contributed by atoms with Gasteiger partial charge in [-0.1, -0.05) is 0 Å². The predicted molar refractivity (Wildman–Crippen MR) is 145 cm³/mol. The molecule has 0 radical (unpaired) electrons. The molecule has 2 aliphatic rings. The average Bonchev–Trinajstić information content (AvgIpc) is 3.00. The molecule has 2 fully saturated rings. The standard InChI is InChI=1S/C28H32O16/c1-39-9-17-20(34)22(36)24(38)27(43-17)44-26-23(37)19(33)16(8-29)42-28(26)41-15-7-13(32)18-12(31)6-14(40-25(18)21(15)35)10-2-4-11(30)5-3-10/h2-7,16-17,19-20,22-24,26-30,32-38H,8-9H2,1H3/t16-,17-,19-,20-,22-,23+,24-,26-,27+,28-/m1/s1. The van der Waals surface area contributed by atoms with Crippen LogP contribution in [-0.4, -0.2) is 128 Å². The highest BCUT2D eigenvalue weighted by molar-refractivity contribution is 5.91. The molecular weight excluding hydrogens is 592 g/mol. The van der Waals surface area contributed by atoms with Crippen molar-refractivity contribution in [2.45, 2.75) is 61.4 Å². The number of phenols is 3. The fraction of sp³-hybridized carbons (Fsp3) is 0.464. The van der Waals surface area contributed by atoms with E-state index in [0.29, 0.717) is 5.56 Å². The van der Waals surface area contributed by atoms with Gasteiger partial charge in [0.25, 0.3) is 0 Å². The molecule has 10 atom stereocenters. The van der Waals surface area contributed by atoms with Gasteiger partial charge in [0.05, 0.1) is 13.2 Å². The molecule has 240 valence electrons. The van der Waals surface area contributed by atoms with Crippen LogP contribution in [0.15, 0.2) is 45.6 Å². The van der Waals surface area contributed by atoms with Crippen molar-refractivity contribution in [1.29, 1.82) is 0 Å². The van der Waals surface area contributed by atoms with Gasteiger partial charge in [0, 0.05) is 24.8 Å². The first kappa shape index (κ1) is 31.9. The molecule has 0 spiro atoms. The number of ether oxygens (including phenoxy) is 5. The summed E-state index contributed by atoms with van der Waals surface area (Å²) in [5.41, 5.74) is -0.865. The van der Waals surface area contributed by atoms with Crippen LogP contribution in [0.1, 0.15) is 0 Å². The third-order valence-electron chi connectivity index (χ3n) is 7.43. The lowest BCUT2D eigenvalue weighted by molar-refractivity contribution is -0.358. The summed E-state index contributed by atoms with van der Waals surface area (Å²) < 4.78 is 33.2. The maximum Gasteiger partial charge on any atom is 0.229 e. The third-order valence-corrected chi connectivity index (χ3v) is 7.43. The quantitative estimate of drug-likeness (QED) is 0.126. The number of aromatic hydroxyl groups is 3. The lowest BCUT2D eigenvalue weighted by Gasteiger charge is -2.45. The maximum absolute atomic E-state index is 12.9. The molecule has 0 bridgehead atoms. The van der Waals surface area contributed by atoms with Gasteiger partial charge in [0.1, 0.15) is 65.4 Å². The van der Waals surface area contributed by atoms with Crippen molar-refractivity contribution in [3.8, 4) is 34.3 Å². The second-order valence-electron chi connectivity index (χ2n) is 10.4. The number of rotatable bonds is 8. The largest absolute Gasteiger partial charge is 0.508 e. The van der Waals surface area contributed by atoms with E-state index in [-0.39, 0.29) is 18.1 Å². The maximum atomic E-state index is 12.9. The van der Waals surface area contributed by atoms with Gasteiger partial charge in [-0.15, -0.1) is 0 Å². The van der Waals surface area contributed by atoms with E-state index in [2.05, 4.69) is 0 Å². The molecule has 0 saturated carbocycles. The second-order valence-corrected chi connectivity index (χ2v) is 10.4. The molecule has 0 unspecified atom stereocenters. The number of hydrogen-bond donors (Lipinski definition) is 9. The van der Waals surface area contributed by atoms with Gasteiger partial charge in [-0.25, -0.2) is 0 Å². The number of hydrogen-bond acceptors (Lipinski definition) is 16. The monoisotopic (exact) mass is 624 g/mol. The molecule has 44 heavy (non-hydrogen) atoms. The van der Waals surface area contributed by atoms with Gasteiger partial charge in [-0.2, -0.15) is 0 Å². The number of phenolic OH excluding ortho intramolecular Hbond substituents is 3. The van der Waals surface area contributed by atoms with Crippen molar-refractivity contribution in [2.24, 2.45) is 0 Å². The van der Waals surface area contributed by atoms with E-state index in [0.717, 1.165) is 12.1 Å². The molecule has 3 aromatic rings. The molecule has 1 aromatic heterocycles. The van der Waals surface area contributed by atoms with Crippen LogP contribution in [0.3, 0.4) is 0 Å². The molecular formula is C28H32O16. The summed E-state index contributed by atoms with van der Waals surface area (Å²) in [7, 11) is 1.30. The van der Waals surface area contributed by atoms with Gasteiger partial charge in [0.2, 0.25) is 12.0 Å². The topological polar surface area (TPSA) is 258 Å². The van der Waals surface area contributed by atoms with Crippen molar-refractivity contribution in [3.63, 3.8) is 0 Å². The summed E-state index contributed by atoms with van der Waals surface area (Å²) in [6.45, 7) is -1.01. The zero-order chi connectivity index (χ0) is 31.9. The molecule has 16 heteroatoms. The lowest BCUT2D eigenvalue weighted by Crippen LogP contribution is -2.65. The number of fused-ring (bicyclic) bond motifs is 1. The van der Waals surface area contributed by atoms with Crippen molar-refractivity contribution < 1.29 is 74.1 Å². The summed E-state index contributed by atoms with van der Waals surface area (Å²) in [6.07, 6.45) is -16.7. The Bertz CT molecular complexity index is 1510. The molecule has 2 aromatic carbocycles. The molecule has 5 rings (SSSR count). The van der Waals surface area contributed by atoms with Crippen LogP contribution < -0.4 is 10.2 Å². The second kappa shape index (κ2) is 12.8. The SMILES string of the molecule is COC[C@H]1O[C@@H](O[C@H]2[C@H](Oc3cc(O)c4c(=O)cc(-c5ccc(O)cc5)oc4c3O)O[C@H](CO)[C@@H](O)[C@@H]2O)[C@H](O)[C@H](O)[C@@H]1O. The van der Waals surface area contributed by atoms with E-state index in [1.54, 1.807) is 0 Å². The van der Waals surface area contributed by atoms with E-state index in [1.807, 2.05) is 0 Å². The molecule has 0 aliphatic carbocycles. The van der Waals surface area contributed by atoms with Crippen LogP contribution in [0.4, 0.5) is 0 Å². The summed E-state index contributed by atoms with van der Waals surface area (Å²) in [6, 6.07) is 7.53. The van der Waals surface area contributed by atoms with Crippen molar-refractivity contribution >= 4 is 11.0 Å². The first-order valence-corrected chi connectivity index (χ1v) is 13.4. The van der Waals surface area contributed by atoms with Gasteiger partial charge in [0.15, 0.2) is 29.2 Å². The number of methoxy groups -OCH3 is 1. The summed E-state index contributed by atoms with van der Waals surface area (Å²) in [5.74, 6) is -2.07. The molecule has 3 heterocycles. The molecule has 2 saturated heterocycles. The smallest absolute Gasteiger partial charge is 0.229 e. The van der Waals surface area contributed by atoms with E-state index < -0.39 is 102 Å². The number of benzene rings is 2. The summed E-state index contributed by atoms with van der Waals surface area (Å²) in [4.78, 5) is 12.9. The zero-order valence-corrected chi connectivity index (χ0v) is 23.0. The Morgan fingerprint density at radius 2 is 1.48 bits per heavy atom. The zero-order valence-electron chi connectivity index (χ0n) is 23.0. The minimum absolute atomic E-state index is 0.0295. The third kappa shape index (κ3) is 5.92. The molecule has 2 aliphatic heterocycles. The Kier molecular flexibility index (Phi) is 9.28. The first-order chi connectivity index (χ1) is 20.9. The molecule has 9 N–H and O–H groups in total. The lowest BCUT2D eigenvalue weighted by atomic mass is 9.97. The van der Waals surface area contributed by atoms with Crippen LogP contribution in [0, 0.1) is 0 Å². The van der Waals surface area contributed by atoms with Crippen LogP contribution >= 0.6 is 0 Å². The highest BCUT2D eigenvalue weighted by atomic mass is 16.8. The predicted octanol–water partition coefficient (Wildman–Crippen LogP) is -1.77. The van der Waals surface area contributed by atoms with E-state index >= 15 is 0 Å². The van der Waals surface area contributed by atoms with E-state index in [9.17, 15) is 50.8 Å². The van der Waals surface area contributed by atoms with Crippen LogP contribution in [-0.2, 0) is 18.9 Å². The Labute approximate surface area is 248 Å². The average molecular weight is 625 g/mol. The normalized spacial score (nSPS) is 32.5. The first-order valence-electron chi connectivity index (χ1n) is 13.4. The molecule has 0 amide bonds. The Morgan fingerprint density at radius 3 is 2.14 bits per heavy atom. The van der Waals surface area contributed by atoms with Crippen LogP contribution in [0.5, 0.6) is 23.0 Å². The summed E-state index contributed by atoms with van der Waals surface area (Å²) in [5, 5.41) is 93.1. The van der Waals surface area contributed by atoms with Gasteiger partial charge in [-0.05, 0) is 24.3 Å². The van der Waals surface area contributed by atoms with Crippen LogP contribution in [0.25, 0.3) is 22.3 Å². The Morgan fingerprint density at radius 1 is 0.818 bits per heavy atom. The Hall–Kier alpha value is -3.55. The summed E-state index contributed by atoms with van der Waals surface area (Å²) >= 11 is 0. The Balaban J connectivity index is 1.50. The van der Waals surface area contributed by atoms with Crippen LogP contribution in [0.2, 0.25) is 0 Å². The van der Waals surface area contributed by atoms with Gasteiger partial charge in [-0.3, -0.25) is 4.79 Å². The molecule has 16 nitrogen and oxygen atoms in total. The van der Waals surface area contributed by atoms with Crippen molar-refractivity contribution in [1.82, 2.24) is 0 Å². The van der Waals surface area contributed by atoms with Gasteiger partial charge >= 0.3 is 0 Å². The minimum Gasteiger partial charge on any atom is -0.508 e. The van der Waals surface area contributed by atoms with E-state index in [4.69, 9.17) is 28.1 Å². The fourth-order valence-corrected chi connectivity index (χ4v) is 5.04. The number of aliphatic hydroxyl groups is 6. The minimum atomic E-state index is -1.87. The van der Waals surface area contributed by atoms with Crippen molar-refractivity contribution in [2.75, 3.05) is 20.3 Å². The number of aliphatic hydroxyl groups excluding tert-OH is 6. The fourth-order valence-electron chi connectivity index (χ4n) is 5.04.